The van der Waals surface area contributed by atoms with Crippen molar-refractivity contribution in [3.8, 4) is 5.75 Å². The van der Waals surface area contributed by atoms with Crippen LogP contribution in [0.25, 0.3) is 4.96 Å². The maximum Gasteiger partial charge on any atom is 0.275 e. The molecule has 2 heterocycles. The van der Waals surface area contributed by atoms with Crippen LogP contribution in [0.5, 0.6) is 5.75 Å². The van der Waals surface area contributed by atoms with Crippen LogP contribution in [0.3, 0.4) is 0 Å². The second-order valence-corrected chi connectivity index (χ2v) is 6.17. The van der Waals surface area contributed by atoms with Crippen molar-refractivity contribution in [3.63, 3.8) is 0 Å². The van der Waals surface area contributed by atoms with Gasteiger partial charge < -0.3 is 4.74 Å². The molecule has 114 valence electrons. The first kappa shape index (κ1) is 14.7. The number of fused-ring (bicyclic) bond motifs is 1. The van der Waals surface area contributed by atoms with E-state index in [0.717, 1.165) is 29.2 Å². The summed E-state index contributed by atoms with van der Waals surface area (Å²) in [6.07, 6.45) is 1.86. The van der Waals surface area contributed by atoms with Gasteiger partial charge in [0.15, 0.2) is 0 Å². The molecule has 0 aliphatic rings. The van der Waals surface area contributed by atoms with Gasteiger partial charge >= 0.3 is 0 Å². The minimum absolute atomic E-state index is 0.161. The second-order valence-electron chi connectivity index (χ2n) is 5.13. The molecule has 5 nitrogen and oxygen atoms in total. The summed E-state index contributed by atoms with van der Waals surface area (Å²) in [5.74, 6) is 0.776. The lowest BCUT2D eigenvalue weighted by molar-refractivity contribution is 0.301. The molecule has 0 unspecified atom stereocenters. The van der Waals surface area contributed by atoms with Gasteiger partial charge in [-0.25, -0.2) is 4.98 Å². The molecule has 6 heteroatoms. The highest BCUT2D eigenvalue weighted by Gasteiger charge is 2.09. The molecule has 0 bridgehead atoms. The van der Waals surface area contributed by atoms with Crippen molar-refractivity contribution in [1.29, 1.82) is 0 Å². The van der Waals surface area contributed by atoms with Gasteiger partial charge in [-0.15, -0.1) is 0 Å². The summed E-state index contributed by atoms with van der Waals surface area (Å²) in [7, 11) is 0. The molecule has 3 rings (SSSR count). The molecule has 0 aliphatic carbocycles. The highest BCUT2D eigenvalue weighted by Crippen LogP contribution is 2.16. The average Bonchev–Trinajstić information content (AvgIpc) is 2.89. The van der Waals surface area contributed by atoms with Gasteiger partial charge in [0.25, 0.3) is 5.56 Å². The highest BCUT2D eigenvalue weighted by molar-refractivity contribution is 7.16. The first-order chi connectivity index (χ1) is 10.7. The highest BCUT2D eigenvalue weighted by atomic mass is 32.1. The fraction of sp³-hybridized carbons (Fsp3) is 0.312. The van der Waals surface area contributed by atoms with Gasteiger partial charge in [-0.05, 0) is 31.0 Å². The van der Waals surface area contributed by atoms with E-state index < -0.39 is 0 Å². The van der Waals surface area contributed by atoms with Crippen molar-refractivity contribution >= 4 is 16.3 Å². The van der Waals surface area contributed by atoms with E-state index in [4.69, 9.17) is 4.74 Å². The zero-order chi connectivity index (χ0) is 15.5. The summed E-state index contributed by atoms with van der Waals surface area (Å²) in [6, 6.07) is 9.28. The molecular formula is C16H17N3O2S. The number of ether oxygens (including phenoxy) is 1. The van der Waals surface area contributed by atoms with E-state index >= 15 is 0 Å². The first-order valence-electron chi connectivity index (χ1n) is 7.24. The number of aromatic nitrogens is 3. The quantitative estimate of drug-likeness (QED) is 0.726. The third-order valence-electron chi connectivity index (χ3n) is 3.18. The zero-order valence-electron chi connectivity index (χ0n) is 12.6. The Bertz CT molecular complexity index is 854. The lowest BCUT2D eigenvalue weighted by Gasteiger charge is -2.06. The Morgan fingerprint density at radius 1 is 1.32 bits per heavy atom. The Labute approximate surface area is 132 Å². The summed E-state index contributed by atoms with van der Waals surface area (Å²) in [4.78, 5) is 17.2. The van der Waals surface area contributed by atoms with Gasteiger partial charge in [0.2, 0.25) is 4.96 Å². The van der Waals surface area contributed by atoms with Crippen molar-refractivity contribution in [2.45, 2.75) is 33.3 Å². The van der Waals surface area contributed by atoms with Crippen LogP contribution in [0, 0.1) is 6.92 Å². The fourth-order valence-electron chi connectivity index (χ4n) is 2.15. The van der Waals surface area contributed by atoms with Gasteiger partial charge in [-0.2, -0.15) is 9.61 Å². The lowest BCUT2D eigenvalue weighted by atomic mass is 10.2. The molecule has 0 radical (unpaired) electrons. The molecule has 0 saturated carbocycles. The molecule has 1 aromatic carbocycles. The third kappa shape index (κ3) is 3.17. The van der Waals surface area contributed by atoms with E-state index in [9.17, 15) is 4.79 Å². The number of nitrogens with zero attached hydrogens (tertiary/aromatic N) is 3. The van der Waals surface area contributed by atoms with Crippen LogP contribution in [0.2, 0.25) is 0 Å². The minimum Gasteiger partial charge on any atom is -0.487 e. The van der Waals surface area contributed by atoms with E-state index in [0.29, 0.717) is 10.7 Å². The van der Waals surface area contributed by atoms with E-state index in [2.05, 4.69) is 17.0 Å². The predicted molar refractivity (Wildman–Crippen MR) is 86.6 cm³/mol. The van der Waals surface area contributed by atoms with Gasteiger partial charge in [-0.3, -0.25) is 4.79 Å². The van der Waals surface area contributed by atoms with Crippen molar-refractivity contribution < 1.29 is 4.74 Å². The average molecular weight is 315 g/mol. The number of hydrogen-bond donors (Lipinski definition) is 0. The Hall–Kier alpha value is -2.21. The fourth-order valence-corrected chi connectivity index (χ4v) is 3.17. The summed E-state index contributed by atoms with van der Waals surface area (Å²) < 4.78 is 7.07. The van der Waals surface area contributed by atoms with Gasteiger partial charge in [0.1, 0.15) is 17.4 Å². The minimum atomic E-state index is -0.161. The monoisotopic (exact) mass is 315 g/mol. The van der Waals surface area contributed by atoms with Crippen LogP contribution in [0.15, 0.2) is 35.1 Å². The summed E-state index contributed by atoms with van der Waals surface area (Å²) in [5.41, 5.74) is 1.59. The molecule has 0 fully saturated rings. The second kappa shape index (κ2) is 6.27. The zero-order valence-corrected chi connectivity index (χ0v) is 13.4. The smallest absolute Gasteiger partial charge is 0.275 e. The van der Waals surface area contributed by atoms with Crippen molar-refractivity contribution in [2.24, 2.45) is 0 Å². The van der Waals surface area contributed by atoms with Crippen LogP contribution in [-0.2, 0) is 13.0 Å². The van der Waals surface area contributed by atoms with Gasteiger partial charge in [-0.1, -0.05) is 30.4 Å². The Morgan fingerprint density at radius 2 is 2.18 bits per heavy atom. The van der Waals surface area contributed by atoms with Crippen molar-refractivity contribution in [1.82, 2.24) is 14.6 Å². The molecule has 0 amide bonds. The maximum absolute atomic E-state index is 12.1. The molecule has 2 aromatic heterocycles. The SMILES string of the molecule is CCCc1nn2c(=O)cc(COc3cccc(C)c3)nc2s1. The van der Waals surface area contributed by atoms with E-state index in [1.165, 1.54) is 21.9 Å². The molecule has 0 saturated heterocycles. The maximum atomic E-state index is 12.1. The Balaban J connectivity index is 1.83. The first-order valence-corrected chi connectivity index (χ1v) is 8.05. The van der Waals surface area contributed by atoms with E-state index in [1.54, 1.807) is 0 Å². The lowest BCUT2D eigenvalue weighted by Crippen LogP contribution is -2.16. The van der Waals surface area contributed by atoms with E-state index in [-0.39, 0.29) is 12.2 Å². The summed E-state index contributed by atoms with van der Waals surface area (Å²) >= 11 is 1.46. The molecule has 0 spiro atoms. The topological polar surface area (TPSA) is 56.5 Å². The van der Waals surface area contributed by atoms with Gasteiger partial charge in [0.05, 0.1) is 5.69 Å². The normalized spacial score (nSPS) is 11.0. The molecular weight excluding hydrogens is 298 g/mol. The number of benzene rings is 1. The standard InChI is InChI=1S/C16H17N3O2S/c1-3-5-14-18-19-15(20)9-12(17-16(19)22-14)10-21-13-7-4-6-11(2)8-13/h4,6-9H,3,5,10H2,1-2H3. The largest absolute Gasteiger partial charge is 0.487 e. The molecule has 0 atom stereocenters. The van der Waals surface area contributed by atoms with Crippen LogP contribution >= 0.6 is 11.3 Å². The molecule has 0 aliphatic heterocycles. The van der Waals surface area contributed by atoms with Crippen LogP contribution < -0.4 is 10.3 Å². The van der Waals surface area contributed by atoms with Crippen molar-refractivity contribution in [2.75, 3.05) is 0 Å². The van der Waals surface area contributed by atoms with Crippen LogP contribution in [0.1, 0.15) is 29.6 Å². The van der Waals surface area contributed by atoms with Gasteiger partial charge in [0, 0.05) is 12.5 Å². The number of hydrogen-bond acceptors (Lipinski definition) is 5. The Kier molecular flexibility index (Phi) is 4.20. The number of aryl methyl sites for hydroxylation is 2. The van der Waals surface area contributed by atoms with Crippen LogP contribution in [0.4, 0.5) is 0 Å². The molecule has 3 aromatic rings. The van der Waals surface area contributed by atoms with Crippen molar-refractivity contribution in [3.05, 3.63) is 57.0 Å². The summed E-state index contributed by atoms with van der Waals surface area (Å²) in [6.45, 7) is 4.37. The third-order valence-corrected chi connectivity index (χ3v) is 4.15. The molecule has 22 heavy (non-hydrogen) atoms. The Morgan fingerprint density at radius 3 is 2.95 bits per heavy atom. The van der Waals surface area contributed by atoms with E-state index in [1.807, 2.05) is 31.2 Å². The van der Waals surface area contributed by atoms with Crippen LogP contribution in [-0.4, -0.2) is 14.6 Å². The predicted octanol–water partition coefficient (Wildman–Crippen LogP) is 2.99. The molecule has 0 N–H and O–H groups in total. The summed E-state index contributed by atoms with van der Waals surface area (Å²) in [5, 5.41) is 5.23. The number of rotatable bonds is 5.